The van der Waals surface area contributed by atoms with E-state index in [1.807, 2.05) is 0 Å². The Balaban J connectivity index is 1.94. The first-order valence-corrected chi connectivity index (χ1v) is 6.89. The van der Waals surface area contributed by atoms with Gasteiger partial charge < -0.3 is 20.3 Å². The van der Waals surface area contributed by atoms with Gasteiger partial charge in [-0.25, -0.2) is 8.78 Å². The summed E-state index contributed by atoms with van der Waals surface area (Å²) in [5.74, 6) is -3.51. The number of halogens is 2. The Labute approximate surface area is 134 Å². The Morgan fingerprint density at radius 1 is 1.38 bits per heavy atom. The number of rotatable bonds is 6. The lowest BCUT2D eigenvalue weighted by Crippen LogP contribution is -2.30. The molecule has 0 bridgehead atoms. The zero-order valence-electron chi connectivity index (χ0n) is 12.5. The summed E-state index contributed by atoms with van der Waals surface area (Å²) in [4.78, 5) is 27.1. The smallest absolute Gasteiger partial charge is 0.315 e. The zero-order chi connectivity index (χ0) is 17.7. The molecular weight excluding hydrogens is 326 g/mol. The van der Waals surface area contributed by atoms with E-state index in [1.165, 1.54) is 6.92 Å². The van der Waals surface area contributed by atoms with E-state index >= 15 is 0 Å². The molecule has 0 aliphatic heterocycles. The van der Waals surface area contributed by atoms with Crippen molar-refractivity contribution in [1.82, 2.24) is 15.5 Å². The highest BCUT2D eigenvalue weighted by Gasteiger charge is 2.17. The fourth-order valence-electron chi connectivity index (χ4n) is 1.66. The molecule has 1 heterocycles. The van der Waals surface area contributed by atoms with Gasteiger partial charge >= 0.3 is 11.8 Å². The Hall–Kier alpha value is -2.88. The van der Waals surface area contributed by atoms with E-state index in [2.05, 4.69) is 20.8 Å². The number of carbonyl (C=O) groups is 2. The molecule has 24 heavy (non-hydrogen) atoms. The minimum atomic E-state index is -0.922. The van der Waals surface area contributed by atoms with Gasteiger partial charge in [-0.3, -0.25) is 9.59 Å². The monoisotopic (exact) mass is 340 g/mol. The molecule has 0 radical (unpaired) electrons. The number of hydrogen-bond donors (Lipinski definition) is 3. The van der Waals surface area contributed by atoms with Gasteiger partial charge in [0.1, 0.15) is 11.6 Å². The molecule has 0 spiro atoms. The van der Waals surface area contributed by atoms with E-state index in [-0.39, 0.29) is 30.4 Å². The van der Waals surface area contributed by atoms with Gasteiger partial charge in [0.15, 0.2) is 5.82 Å². The van der Waals surface area contributed by atoms with Crippen LogP contribution in [0.3, 0.4) is 0 Å². The van der Waals surface area contributed by atoms with Crippen LogP contribution in [-0.2, 0) is 11.2 Å². The number of aliphatic hydroxyl groups is 1. The SMILES string of the molecule is CC(O)CNC(=O)c1nc(CC(=O)Nc2ccc(F)cc2F)no1. The van der Waals surface area contributed by atoms with Crippen LogP contribution < -0.4 is 10.6 Å². The molecule has 8 nitrogen and oxygen atoms in total. The number of anilines is 1. The van der Waals surface area contributed by atoms with Crippen molar-refractivity contribution in [3.63, 3.8) is 0 Å². The van der Waals surface area contributed by atoms with E-state index in [0.29, 0.717) is 6.07 Å². The summed E-state index contributed by atoms with van der Waals surface area (Å²) in [6, 6.07) is 2.71. The summed E-state index contributed by atoms with van der Waals surface area (Å²) in [6.07, 6.45) is -1.11. The van der Waals surface area contributed by atoms with Crippen molar-refractivity contribution in [2.24, 2.45) is 0 Å². The molecule has 2 rings (SSSR count). The van der Waals surface area contributed by atoms with Gasteiger partial charge in [-0.1, -0.05) is 5.16 Å². The van der Waals surface area contributed by atoms with Crippen LogP contribution >= 0.6 is 0 Å². The minimum absolute atomic E-state index is 0.000869. The number of hydrogen-bond acceptors (Lipinski definition) is 6. The molecule has 0 saturated carbocycles. The lowest BCUT2D eigenvalue weighted by Gasteiger charge is -2.04. The first-order chi connectivity index (χ1) is 11.3. The first kappa shape index (κ1) is 17.5. The average Bonchev–Trinajstić information content (AvgIpc) is 2.96. The Morgan fingerprint density at radius 3 is 2.79 bits per heavy atom. The van der Waals surface area contributed by atoms with E-state index < -0.39 is 29.6 Å². The van der Waals surface area contributed by atoms with E-state index in [1.54, 1.807) is 0 Å². The number of aliphatic hydroxyl groups excluding tert-OH is 1. The molecule has 0 saturated heterocycles. The number of amides is 2. The number of carbonyl (C=O) groups excluding carboxylic acids is 2. The number of aromatic nitrogens is 2. The van der Waals surface area contributed by atoms with Crippen LogP contribution in [0.25, 0.3) is 0 Å². The van der Waals surface area contributed by atoms with E-state index in [0.717, 1.165) is 12.1 Å². The normalized spacial score (nSPS) is 11.8. The second kappa shape index (κ2) is 7.59. The van der Waals surface area contributed by atoms with Crippen LogP contribution in [0.1, 0.15) is 23.4 Å². The minimum Gasteiger partial charge on any atom is -0.392 e. The lowest BCUT2D eigenvalue weighted by molar-refractivity contribution is -0.115. The third-order valence-electron chi connectivity index (χ3n) is 2.74. The average molecular weight is 340 g/mol. The largest absolute Gasteiger partial charge is 0.392 e. The quantitative estimate of drug-likeness (QED) is 0.710. The van der Waals surface area contributed by atoms with Crippen LogP contribution in [0.5, 0.6) is 0 Å². The maximum atomic E-state index is 13.4. The van der Waals surface area contributed by atoms with Crippen molar-refractivity contribution >= 4 is 17.5 Å². The Bertz CT molecular complexity index is 748. The molecule has 0 aliphatic carbocycles. The second-order valence-corrected chi connectivity index (χ2v) is 4.92. The highest BCUT2D eigenvalue weighted by Crippen LogP contribution is 2.15. The summed E-state index contributed by atoms with van der Waals surface area (Å²) in [5, 5.41) is 17.1. The Morgan fingerprint density at radius 2 is 2.12 bits per heavy atom. The maximum Gasteiger partial charge on any atom is 0.315 e. The molecule has 10 heteroatoms. The molecule has 1 unspecified atom stereocenters. The third kappa shape index (κ3) is 4.81. The maximum absolute atomic E-state index is 13.4. The second-order valence-electron chi connectivity index (χ2n) is 4.92. The topological polar surface area (TPSA) is 117 Å². The molecule has 128 valence electrons. The molecule has 0 aliphatic rings. The van der Waals surface area contributed by atoms with Crippen LogP contribution in [0.4, 0.5) is 14.5 Å². The standard InChI is InChI=1S/C14H14F2N4O4/c1-7(21)6-17-13(23)14-19-11(20-24-14)5-12(22)18-10-3-2-8(15)4-9(10)16/h2-4,7,21H,5-6H2,1H3,(H,17,23)(H,18,22). The number of nitrogens with one attached hydrogen (secondary N) is 2. The number of benzene rings is 1. The first-order valence-electron chi connectivity index (χ1n) is 6.89. The Kier molecular flexibility index (Phi) is 5.53. The molecule has 2 aromatic rings. The van der Waals surface area contributed by atoms with Gasteiger partial charge in [-0.15, -0.1) is 0 Å². The van der Waals surface area contributed by atoms with Crippen molar-refractivity contribution in [2.45, 2.75) is 19.4 Å². The summed E-state index contributed by atoms with van der Waals surface area (Å²) in [5.41, 5.74) is -0.195. The van der Waals surface area contributed by atoms with Crippen LogP contribution in [-0.4, -0.2) is 39.7 Å². The highest BCUT2D eigenvalue weighted by molar-refractivity contribution is 5.92. The van der Waals surface area contributed by atoms with Crippen molar-refractivity contribution < 1.29 is 28.0 Å². The fourth-order valence-corrected chi connectivity index (χ4v) is 1.66. The molecule has 1 aromatic carbocycles. The summed E-state index contributed by atoms with van der Waals surface area (Å²) in [7, 11) is 0. The highest BCUT2D eigenvalue weighted by atomic mass is 19.1. The molecular formula is C14H14F2N4O4. The molecule has 0 fully saturated rings. The van der Waals surface area contributed by atoms with Crippen LogP contribution in [0, 0.1) is 11.6 Å². The fraction of sp³-hybridized carbons (Fsp3) is 0.286. The van der Waals surface area contributed by atoms with Crippen LogP contribution in [0.15, 0.2) is 22.7 Å². The third-order valence-corrected chi connectivity index (χ3v) is 2.74. The molecule has 3 N–H and O–H groups in total. The van der Waals surface area contributed by atoms with Gasteiger partial charge in [0, 0.05) is 12.6 Å². The van der Waals surface area contributed by atoms with Gasteiger partial charge in [-0.05, 0) is 19.1 Å². The zero-order valence-corrected chi connectivity index (χ0v) is 12.5. The van der Waals surface area contributed by atoms with Crippen molar-refractivity contribution in [2.75, 3.05) is 11.9 Å². The van der Waals surface area contributed by atoms with Crippen molar-refractivity contribution in [3.8, 4) is 0 Å². The predicted octanol–water partition coefficient (Wildman–Crippen LogP) is 0.640. The van der Waals surface area contributed by atoms with Gasteiger partial charge in [0.25, 0.3) is 0 Å². The van der Waals surface area contributed by atoms with Crippen molar-refractivity contribution in [1.29, 1.82) is 0 Å². The molecule has 2 amide bonds. The van der Waals surface area contributed by atoms with Crippen LogP contribution in [0.2, 0.25) is 0 Å². The summed E-state index contributed by atoms with van der Waals surface area (Å²) >= 11 is 0. The lowest BCUT2D eigenvalue weighted by atomic mass is 10.3. The molecule has 1 atom stereocenters. The van der Waals surface area contributed by atoms with Gasteiger partial charge in [-0.2, -0.15) is 4.98 Å². The van der Waals surface area contributed by atoms with E-state index in [4.69, 9.17) is 9.63 Å². The summed E-state index contributed by atoms with van der Waals surface area (Å²) in [6.45, 7) is 1.49. The number of nitrogens with zero attached hydrogens (tertiary/aromatic N) is 2. The molecule has 1 aromatic heterocycles. The van der Waals surface area contributed by atoms with E-state index in [9.17, 15) is 18.4 Å². The van der Waals surface area contributed by atoms with Gasteiger partial charge in [0.2, 0.25) is 5.91 Å². The summed E-state index contributed by atoms with van der Waals surface area (Å²) < 4.78 is 30.9. The predicted molar refractivity (Wildman–Crippen MR) is 77.0 cm³/mol. The van der Waals surface area contributed by atoms with Crippen molar-refractivity contribution in [3.05, 3.63) is 41.5 Å². The van der Waals surface area contributed by atoms with Gasteiger partial charge in [0.05, 0.1) is 18.2 Å².